The molecule has 3 rings (SSSR count). The van der Waals surface area contributed by atoms with E-state index in [4.69, 9.17) is 9.63 Å². The van der Waals surface area contributed by atoms with Crippen LogP contribution in [0, 0.1) is 13.8 Å². The Kier molecular flexibility index (Phi) is 4.14. The minimum atomic E-state index is -1.16. The van der Waals surface area contributed by atoms with Crippen LogP contribution in [0.1, 0.15) is 27.2 Å². The Bertz CT molecular complexity index is 991. The lowest BCUT2D eigenvalue weighted by molar-refractivity contribution is -0.115. The van der Waals surface area contributed by atoms with Gasteiger partial charge in [0.05, 0.1) is 17.7 Å². The summed E-state index contributed by atoms with van der Waals surface area (Å²) in [6.07, 6.45) is -0.0307. The first-order valence-corrected chi connectivity index (χ1v) is 7.57. The normalized spacial score (nSPS) is 10.8. The van der Waals surface area contributed by atoms with Crippen molar-refractivity contribution in [2.45, 2.75) is 20.3 Å². The fourth-order valence-corrected chi connectivity index (χ4v) is 2.76. The van der Waals surface area contributed by atoms with Crippen molar-refractivity contribution >= 4 is 28.5 Å². The molecule has 0 radical (unpaired) electrons. The third-order valence-corrected chi connectivity index (χ3v) is 3.83. The van der Waals surface area contributed by atoms with Gasteiger partial charge in [0.25, 0.3) is 0 Å². The summed E-state index contributed by atoms with van der Waals surface area (Å²) in [5, 5.41) is 26.0. The van der Waals surface area contributed by atoms with E-state index >= 15 is 0 Å². The van der Waals surface area contributed by atoms with Crippen LogP contribution in [0.25, 0.3) is 11.0 Å². The van der Waals surface area contributed by atoms with Gasteiger partial charge in [-0.15, -0.1) is 0 Å². The van der Waals surface area contributed by atoms with Gasteiger partial charge in [-0.1, -0.05) is 11.2 Å². The number of fused-ring (bicyclic) bond motifs is 1. The van der Waals surface area contributed by atoms with Crippen molar-refractivity contribution < 1.29 is 24.3 Å². The number of aryl methyl sites for hydroxylation is 2. The van der Waals surface area contributed by atoms with E-state index in [2.05, 4.69) is 10.5 Å². The van der Waals surface area contributed by atoms with Crippen molar-refractivity contribution in [1.29, 1.82) is 0 Å². The highest BCUT2D eigenvalue weighted by molar-refractivity contribution is 5.97. The molecule has 0 aliphatic heterocycles. The van der Waals surface area contributed by atoms with Crippen molar-refractivity contribution in [1.82, 2.24) is 5.16 Å². The van der Waals surface area contributed by atoms with Crippen LogP contribution in [0.2, 0.25) is 0 Å². The van der Waals surface area contributed by atoms with E-state index in [9.17, 15) is 14.7 Å². The molecule has 2 aromatic carbocycles. The Morgan fingerprint density at radius 1 is 1.20 bits per heavy atom. The summed E-state index contributed by atoms with van der Waals surface area (Å²) in [5.74, 6) is -1.87. The molecule has 0 bridgehead atoms. The zero-order valence-electron chi connectivity index (χ0n) is 13.7. The molecule has 0 unspecified atom stereocenters. The lowest BCUT2D eigenvalue weighted by Gasteiger charge is -2.07. The number of aromatic hydroxyl groups is 1. The molecule has 25 heavy (non-hydrogen) atoms. The molecular weight excluding hydrogens is 324 g/mol. The molecule has 7 nitrogen and oxygen atoms in total. The Morgan fingerprint density at radius 2 is 1.96 bits per heavy atom. The fourth-order valence-electron chi connectivity index (χ4n) is 2.76. The number of nitrogens with one attached hydrogen (secondary N) is 1. The van der Waals surface area contributed by atoms with E-state index in [1.54, 1.807) is 0 Å². The first kappa shape index (κ1) is 16.5. The molecular formula is C18H16N2O5. The highest BCUT2D eigenvalue weighted by Crippen LogP contribution is 2.26. The van der Waals surface area contributed by atoms with Crippen LogP contribution in [-0.2, 0) is 11.2 Å². The molecule has 3 aromatic rings. The second kappa shape index (κ2) is 6.27. The van der Waals surface area contributed by atoms with Gasteiger partial charge < -0.3 is 20.1 Å². The second-order valence-corrected chi connectivity index (χ2v) is 5.85. The number of carbonyl (C=O) groups excluding carboxylic acids is 1. The van der Waals surface area contributed by atoms with Crippen LogP contribution in [0.3, 0.4) is 0 Å². The Morgan fingerprint density at radius 3 is 2.64 bits per heavy atom. The number of aromatic nitrogens is 1. The number of carboxylic acid groups (broad SMARTS) is 1. The average Bonchev–Trinajstić information content (AvgIpc) is 2.91. The first-order valence-electron chi connectivity index (χ1n) is 7.57. The van der Waals surface area contributed by atoms with E-state index < -0.39 is 11.9 Å². The number of amides is 1. The van der Waals surface area contributed by atoms with E-state index in [1.807, 2.05) is 26.0 Å². The van der Waals surface area contributed by atoms with Crippen LogP contribution in [0.15, 0.2) is 34.9 Å². The van der Waals surface area contributed by atoms with Gasteiger partial charge >= 0.3 is 5.97 Å². The number of phenols is 1. The summed E-state index contributed by atoms with van der Waals surface area (Å²) in [4.78, 5) is 23.1. The van der Waals surface area contributed by atoms with Crippen LogP contribution >= 0.6 is 0 Å². The number of anilines is 1. The van der Waals surface area contributed by atoms with Crippen molar-refractivity contribution in [3.05, 3.63) is 52.7 Å². The Hall–Kier alpha value is -3.35. The van der Waals surface area contributed by atoms with Gasteiger partial charge in [0.15, 0.2) is 5.58 Å². The van der Waals surface area contributed by atoms with Crippen LogP contribution in [0.4, 0.5) is 5.69 Å². The van der Waals surface area contributed by atoms with Crippen molar-refractivity contribution in [3.8, 4) is 5.75 Å². The molecule has 7 heteroatoms. The van der Waals surface area contributed by atoms with Gasteiger partial charge in [-0.3, -0.25) is 4.79 Å². The number of aromatic carboxylic acids is 1. The summed E-state index contributed by atoms with van der Waals surface area (Å²) in [6, 6.07) is 7.56. The zero-order valence-corrected chi connectivity index (χ0v) is 13.7. The molecule has 0 spiro atoms. The number of hydrogen-bond acceptors (Lipinski definition) is 5. The van der Waals surface area contributed by atoms with Gasteiger partial charge in [-0.25, -0.2) is 4.79 Å². The highest BCUT2D eigenvalue weighted by atomic mass is 16.5. The molecule has 0 aliphatic carbocycles. The molecule has 0 fully saturated rings. The number of benzene rings is 2. The van der Waals surface area contributed by atoms with Crippen LogP contribution < -0.4 is 5.32 Å². The number of nitrogens with zero attached hydrogens (tertiary/aromatic N) is 1. The fraction of sp³-hybridized carbons (Fsp3) is 0.167. The Labute approximate surface area is 142 Å². The smallest absolute Gasteiger partial charge is 0.335 e. The topological polar surface area (TPSA) is 113 Å². The SMILES string of the molecule is Cc1cc(C)c2c(CC(=O)Nc3ccc(C(=O)O)cc3O)noc2c1. The molecule has 1 amide bonds. The molecule has 0 saturated carbocycles. The number of phenolic OH excluding ortho intramolecular Hbond substituents is 1. The first-order chi connectivity index (χ1) is 11.8. The highest BCUT2D eigenvalue weighted by Gasteiger charge is 2.16. The molecule has 0 aliphatic rings. The minimum Gasteiger partial charge on any atom is -0.506 e. The molecule has 3 N–H and O–H groups in total. The van der Waals surface area contributed by atoms with Crippen molar-refractivity contribution in [2.75, 3.05) is 5.32 Å². The summed E-state index contributed by atoms with van der Waals surface area (Å²) >= 11 is 0. The monoisotopic (exact) mass is 340 g/mol. The Balaban J connectivity index is 1.81. The maximum Gasteiger partial charge on any atom is 0.335 e. The van der Waals surface area contributed by atoms with E-state index in [0.29, 0.717) is 11.3 Å². The van der Waals surface area contributed by atoms with E-state index in [1.165, 1.54) is 12.1 Å². The van der Waals surface area contributed by atoms with Crippen LogP contribution in [0.5, 0.6) is 5.75 Å². The van der Waals surface area contributed by atoms with E-state index in [-0.39, 0.29) is 23.4 Å². The standard InChI is InChI=1S/C18H16N2O5/c1-9-5-10(2)17-13(20-25-15(17)6-9)8-16(22)19-12-4-3-11(18(23)24)7-14(12)21/h3-7,21H,8H2,1-2H3,(H,19,22)(H,23,24). The van der Waals surface area contributed by atoms with Gasteiger partial charge in [-0.2, -0.15) is 0 Å². The third-order valence-electron chi connectivity index (χ3n) is 3.83. The molecule has 0 saturated heterocycles. The van der Waals surface area contributed by atoms with Gasteiger partial charge in [0.2, 0.25) is 5.91 Å². The zero-order chi connectivity index (χ0) is 18.1. The molecule has 1 heterocycles. The number of carboxylic acids is 1. The third kappa shape index (κ3) is 3.30. The summed E-state index contributed by atoms with van der Waals surface area (Å²) in [5.41, 5.74) is 3.20. The average molecular weight is 340 g/mol. The number of hydrogen-bond donors (Lipinski definition) is 3. The maximum absolute atomic E-state index is 12.3. The molecule has 0 atom stereocenters. The van der Waals surface area contributed by atoms with Crippen molar-refractivity contribution in [3.63, 3.8) is 0 Å². The van der Waals surface area contributed by atoms with Crippen LogP contribution in [-0.4, -0.2) is 27.2 Å². The van der Waals surface area contributed by atoms with Gasteiger partial charge in [0.1, 0.15) is 11.4 Å². The van der Waals surface area contributed by atoms with Gasteiger partial charge in [0, 0.05) is 5.39 Å². The van der Waals surface area contributed by atoms with Gasteiger partial charge in [-0.05, 0) is 49.2 Å². The molecule has 1 aromatic heterocycles. The predicted octanol–water partition coefficient (Wildman–Crippen LogP) is 3.03. The summed E-state index contributed by atoms with van der Waals surface area (Å²) < 4.78 is 5.28. The molecule has 128 valence electrons. The lowest BCUT2D eigenvalue weighted by atomic mass is 10.0. The largest absolute Gasteiger partial charge is 0.506 e. The summed E-state index contributed by atoms with van der Waals surface area (Å²) in [6.45, 7) is 3.87. The summed E-state index contributed by atoms with van der Waals surface area (Å²) in [7, 11) is 0. The second-order valence-electron chi connectivity index (χ2n) is 5.85. The predicted molar refractivity (Wildman–Crippen MR) is 90.9 cm³/mol. The number of carbonyl (C=O) groups is 2. The minimum absolute atomic E-state index is 0.0307. The van der Waals surface area contributed by atoms with Crippen molar-refractivity contribution in [2.24, 2.45) is 0 Å². The number of rotatable bonds is 4. The lowest BCUT2D eigenvalue weighted by Crippen LogP contribution is -2.15. The maximum atomic E-state index is 12.3. The van der Waals surface area contributed by atoms with E-state index in [0.717, 1.165) is 22.6 Å². The quantitative estimate of drug-likeness (QED) is 0.629.